The van der Waals surface area contributed by atoms with E-state index in [1.54, 1.807) is 12.1 Å². The molecular weight excluding hydrogens is 1680 g/mol. The van der Waals surface area contributed by atoms with E-state index in [-0.39, 0.29) is 12.4 Å². The van der Waals surface area contributed by atoms with Crippen LogP contribution < -0.4 is 16.0 Å². The van der Waals surface area contributed by atoms with Crippen LogP contribution in [0.3, 0.4) is 0 Å². The Bertz CT molecular complexity index is 3340. The van der Waals surface area contributed by atoms with Gasteiger partial charge in [-0.05, 0) is 12.1 Å². The number of rotatable bonds is 36. The van der Waals surface area contributed by atoms with E-state index >= 15 is 0 Å². The Morgan fingerprint density at radius 2 is 0.699 bits per heavy atom. The van der Waals surface area contributed by atoms with Gasteiger partial charge in [-0.15, -0.1) is 0 Å². The molecule has 9 aliphatic heterocycles. The summed E-state index contributed by atoms with van der Waals surface area (Å²) in [5.41, 5.74) is 0. The number of nitrogens with one attached hydrogen (secondary N) is 3. The van der Waals surface area contributed by atoms with Gasteiger partial charge in [-0.25, -0.2) is 4.98 Å². The van der Waals surface area contributed by atoms with Crippen molar-refractivity contribution in [2.45, 2.75) is 314 Å². The highest BCUT2D eigenvalue weighted by molar-refractivity contribution is 5.73. The molecule has 0 saturated carbocycles. The molecule has 1 aromatic rings. The lowest BCUT2D eigenvalue weighted by Crippen LogP contribution is -2.69. The minimum atomic E-state index is -2.62. The van der Waals surface area contributed by atoms with Crippen molar-refractivity contribution in [2.24, 2.45) is 0 Å². The molecule has 0 spiro atoms. The summed E-state index contributed by atoms with van der Waals surface area (Å²) in [7, 11) is 0. The van der Waals surface area contributed by atoms with Crippen LogP contribution in [0.2, 0.25) is 0 Å². The molecule has 0 aromatic carbocycles. The second-order valence-electron chi connectivity index (χ2n) is 30.7. The summed E-state index contributed by atoms with van der Waals surface area (Å²) in [6, 6.07) is 1.25. The molecule has 710 valence electrons. The molecule has 2 amide bonds. The Morgan fingerprint density at radius 3 is 1.09 bits per heavy atom. The molecule has 9 saturated heterocycles. The van der Waals surface area contributed by atoms with Gasteiger partial charge in [-0.3, -0.25) is 9.59 Å². The molecule has 54 nitrogen and oxygen atoms in total. The van der Waals surface area contributed by atoms with Gasteiger partial charge < -0.3 is 254 Å². The highest BCUT2D eigenvalue weighted by Gasteiger charge is 2.61. The number of anilines is 1. The topological polar surface area (TPSA) is 856 Å². The summed E-state index contributed by atoms with van der Waals surface area (Å²) in [6.45, 7) is -9.90. The highest BCUT2D eigenvalue weighted by Crippen LogP contribution is 2.40. The third-order valence-electron chi connectivity index (χ3n) is 22.3. The molecule has 33 N–H and O–H groups in total. The van der Waals surface area contributed by atoms with Crippen molar-refractivity contribution >= 4 is 17.6 Å². The van der Waals surface area contributed by atoms with Crippen LogP contribution in [0.25, 0.3) is 0 Å². The van der Waals surface area contributed by atoms with Gasteiger partial charge in [0.05, 0.1) is 72.1 Å². The molecule has 9 aliphatic rings. The smallest absolute Gasteiger partial charge is 0.217 e. The van der Waals surface area contributed by atoms with Crippen molar-refractivity contribution < 1.29 is 248 Å². The van der Waals surface area contributed by atoms with Crippen LogP contribution in [0, 0.1) is 0 Å². The van der Waals surface area contributed by atoms with E-state index in [2.05, 4.69) is 20.9 Å². The third kappa shape index (κ3) is 22.9. The average molecular weight is 1800 g/mol. The number of aliphatic hydroxyl groups excluding tert-OH is 30. The van der Waals surface area contributed by atoms with Crippen LogP contribution in [0.15, 0.2) is 24.4 Å². The molecule has 1 aromatic heterocycles. The van der Waals surface area contributed by atoms with Crippen molar-refractivity contribution in [3.05, 3.63) is 24.4 Å². The van der Waals surface area contributed by atoms with E-state index < -0.39 is 379 Å². The Kier molecular flexibility index (Phi) is 37.2. The molecular formula is C69H114N4O50. The SMILES string of the molecule is CC(=O)N[C@H]1[C@H](O[C@@H]([C@H](O)[C@H](CNc2ccccn2)NC(C)=O)[C@H](O)CO)O[C@H](CO)[C@@H](O[C@@H]2O[C@H](CO[C@H]3O[C@H](CO[C@H]4O[C@H](CO)[C@@H](O)[C@H](O)[C@@H]4O[C@H]4O[C@H](CO)[C@@H](O)[C@H](O)[C@@H]4O)[C@@H](O)[C@H](O[C@H]4O[C@H](CO)[C@@H](O)[C@H](O)[C@@H]4O[C@H]4O[C@H](CO)[C@@H](O)[C@H](O)[C@@H]4O)[C@@H]3O)[C@@H](O)[C@H](O[C@H]3O[C@H](CO)[C@@H](O)[C@H](O)[C@@H]3O[C@H]3O[C@H](CO)[C@@H](O)[C@H](O)[C@@H]3O)[C@@H]2O)[C@@H]1O. The summed E-state index contributed by atoms with van der Waals surface area (Å²) in [6.07, 6.45) is -102. The molecule has 54 heteroatoms. The first kappa shape index (κ1) is 101. The number of amides is 2. The molecule has 9 fully saturated rings. The maximum atomic E-state index is 13.2. The molecule has 49 atom stereocenters. The number of aliphatic hydroxyl groups is 30. The van der Waals surface area contributed by atoms with Crippen molar-refractivity contribution in [2.75, 3.05) is 77.9 Å². The Hall–Kier alpha value is -4.03. The van der Waals surface area contributed by atoms with Crippen molar-refractivity contribution in [3.63, 3.8) is 0 Å². The monoisotopic (exact) mass is 1800 g/mol. The Morgan fingerprint density at radius 1 is 0.358 bits per heavy atom. The summed E-state index contributed by atoms with van der Waals surface area (Å²) in [5.74, 6) is -1.49. The molecule has 0 unspecified atom stereocenters. The van der Waals surface area contributed by atoms with Gasteiger partial charge in [0.15, 0.2) is 56.6 Å². The van der Waals surface area contributed by atoms with Crippen LogP contribution >= 0.6 is 0 Å². The first-order chi connectivity index (χ1) is 58.4. The molecule has 123 heavy (non-hydrogen) atoms. The number of carbonyl (C=O) groups is 2. The van der Waals surface area contributed by atoms with Gasteiger partial charge in [0.2, 0.25) is 11.8 Å². The van der Waals surface area contributed by atoms with E-state index in [0.29, 0.717) is 0 Å². The van der Waals surface area contributed by atoms with Crippen molar-refractivity contribution in [1.82, 2.24) is 15.6 Å². The van der Waals surface area contributed by atoms with E-state index in [4.69, 9.17) is 85.3 Å². The van der Waals surface area contributed by atoms with E-state index in [9.17, 15) is 163 Å². The Balaban J connectivity index is 1.01. The maximum Gasteiger partial charge on any atom is 0.217 e. The highest BCUT2D eigenvalue weighted by atomic mass is 16.8. The van der Waals surface area contributed by atoms with Crippen molar-refractivity contribution in [1.29, 1.82) is 0 Å². The molecule has 10 heterocycles. The predicted octanol–water partition coefficient (Wildman–Crippen LogP) is -21.4. The lowest BCUT2D eigenvalue weighted by molar-refractivity contribution is -0.401. The molecule has 0 radical (unpaired) electrons. The van der Waals surface area contributed by atoms with E-state index in [1.807, 2.05) is 0 Å². The largest absolute Gasteiger partial charge is 0.394 e. The van der Waals surface area contributed by atoms with Gasteiger partial charge in [-0.1, -0.05) is 6.07 Å². The van der Waals surface area contributed by atoms with E-state index in [1.165, 1.54) is 12.3 Å². The first-order valence-electron chi connectivity index (χ1n) is 39.2. The van der Waals surface area contributed by atoms with Crippen LogP contribution in [-0.4, -0.2) is 543 Å². The fourth-order valence-corrected chi connectivity index (χ4v) is 15.3. The molecule has 10 rings (SSSR count). The van der Waals surface area contributed by atoms with Crippen LogP contribution in [0.5, 0.6) is 0 Å². The predicted molar refractivity (Wildman–Crippen MR) is 381 cm³/mol. The van der Waals surface area contributed by atoms with Crippen LogP contribution in [0.1, 0.15) is 13.8 Å². The zero-order valence-corrected chi connectivity index (χ0v) is 65.4. The van der Waals surface area contributed by atoms with Crippen LogP contribution in [0.4, 0.5) is 5.82 Å². The normalized spacial score (nSPS) is 46.7. The first-order valence-corrected chi connectivity index (χ1v) is 39.2. The molecule has 0 aliphatic carbocycles. The number of aromatic nitrogens is 1. The summed E-state index contributed by atoms with van der Waals surface area (Å²) in [5, 5.41) is 342. The van der Waals surface area contributed by atoms with Crippen molar-refractivity contribution in [3.8, 4) is 0 Å². The fourth-order valence-electron chi connectivity index (χ4n) is 15.3. The number of pyridine rings is 1. The lowest BCUT2D eigenvalue weighted by Gasteiger charge is -2.50. The number of ether oxygens (including phenoxy) is 18. The standard InChI is InChI=1S/C69H114N4O50/c1-18(82)72-20(7-71-31-5-3-4-6-70-31)33(85)54(21(84)8-74)117-61-32(73-19(2)83)42(94)55(28(15-81)114-61)118-66-53(105)57(120-69-60(48(100)39(91)27(14-80)113-69)123-65-51(103)45(97)36(88)24(11-77)110-65)41(93)30(116-66)16-106-62-52(104)56(119-68-59(47(99)38(90)26(13-79)112-68)122-64-50(102)44(96)35(87)23(10-76)109-64)40(92)29(115-62)17-107-67-58(46(98)37(89)25(12-78)111-67)121-63-49(101)43(95)34(86)22(9-75)108-63/h3-6,20-30,32-69,74-81,84-105H,7-17H2,1-2H3,(H,70,71)(H,72,82)(H,73,83)/t20-,21+,22+,23+,24+,25+,26+,27+,28+,29+,30+,32+,33+,34+,35+,36+,37+,38+,39+,40+,41+,42+,43-,44-,45-,46-,47-,48-,49-,50-,51-,52-,53-,54+,55+,56-,57-,58-,59-,60-,61-,62-,63+,64+,65+,66-,67-,68+,69+/m0/s1. The second kappa shape index (κ2) is 45.2. The minimum Gasteiger partial charge on any atom is -0.394 e. The van der Waals surface area contributed by atoms with Gasteiger partial charge in [0, 0.05) is 26.6 Å². The zero-order chi connectivity index (χ0) is 90.2. The fraction of sp³-hybridized carbons (Fsp3) is 0.899. The minimum absolute atomic E-state index is 0.229. The number of nitrogens with zero attached hydrogens (tertiary/aromatic N) is 1. The quantitative estimate of drug-likeness (QED) is 0.0297. The van der Waals surface area contributed by atoms with Gasteiger partial charge in [0.1, 0.15) is 244 Å². The summed E-state index contributed by atoms with van der Waals surface area (Å²) >= 11 is 0. The number of hydrogen-bond donors (Lipinski definition) is 33. The zero-order valence-electron chi connectivity index (χ0n) is 65.4. The third-order valence-corrected chi connectivity index (χ3v) is 22.3. The summed E-state index contributed by atoms with van der Waals surface area (Å²) < 4.78 is 106. The Labute approximate surface area is 696 Å². The second-order valence-corrected chi connectivity index (χ2v) is 30.7. The van der Waals surface area contributed by atoms with Gasteiger partial charge >= 0.3 is 0 Å². The lowest BCUT2D eigenvalue weighted by atomic mass is 9.94. The van der Waals surface area contributed by atoms with Crippen LogP contribution in [-0.2, 0) is 94.9 Å². The number of hydrogen-bond acceptors (Lipinski definition) is 52. The maximum absolute atomic E-state index is 13.2. The van der Waals surface area contributed by atoms with Gasteiger partial charge in [-0.2, -0.15) is 0 Å². The average Bonchev–Trinajstić information content (AvgIpc) is 0.762. The number of carbonyl (C=O) groups excluding carboxylic acids is 2. The molecule has 0 bridgehead atoms. The summed E-state index contributed by atoms with van der Waals surface area (Å²) in [4.78, 5) is 29.9. The van der Waals surface area contributed by atoms with Gasteiger partial charge in [0.25, 0.3) is 0 Å². The van der Waals surface area contributed by atoms with E-state index in [0.717, 1.165) is 13.8 Å².